The zero-order chi connectivity index (χ0) is 6.24. The normalized spacial score (nSPS) is 6.00. The van der Waals surface area contributed by atoms with Crippen LogP contribution >= 0.6 is 0 Å². The van der Waals surface area contributed by atoms with Gasteiger partial charge in [0.1, 0.15) is 0 Å². The van der Waals surface area contributed by atoms with Crippen molar-refractivity contribution in [2.75, 3.05) is 6.67 Å². The van der Waals surface area contributed by atoms with Gasteiger partial charge in [0.2, 0.25) is 0 Å². The Morgan fingerprint density at radius 3 is 2.62 bits per heavy atom. The molecule has 0 aliphatic rings. The Hall–Kier alpha value is -1.58. The van der Waals surface area contributed by atoms with Gasteiger partial charge in [-0.2, -0.15) is 4.91 Å². The minimum Gasteiger partial charge on any atom is -0.255 e. The van der Waals surface area contributed by atoms with Crippen LogP contribution in [0.5, 0.6) is 0 Å². The maximum Gasteiger partial charge on any atom is 0.165 e. The van der Waals surface area contributed by atoms with E-state index in [1.54, 1.807) is 0 Å². The highest BCUT2D eigenvalue weighted by Crippen LogP contribution is 1.64. The molecule has 0 aromatic heterocycles. The minimum atomic E-state index is -0.0133. The molecule has 0 aromatic carbocycles. The molecule has 0 bridgehead atoms. The second kappa shape index (κ2) is 5.42. The fraction of sp³-hybridized carbons (Fsp3) is 1.00. The van der Waals surface area contributed by atoms with Gasteiger partial charge in [0, 0.05) is 4.91 Å². The molecule has 0 heterocycles. The maximum atomic E-state index is 7.65. The molecule has 0 spiro atoms. The lowest BCUT2D eigenvalue weighted by Crippen LogP contribution is -2.00. The van der Waals surface area contributed by atoms with Gasteiger partial charge >= 0.3 is 0 Å². The minimum absolute atomic E-state index is 0.0133. The first-order valence-corrected chi connectivity index (χ1v) is 1.69. The largest absolute Gasteiger partial charge is 0.255 e. The van der Waals surface area contributed by atoms with E-state index >= 15 is 0 Å². The summed E-state index contributed by atoms with van der Waals surface area (Å²) in [5.41, 5.74) is 17.4. The summed E-state index contributed by atoms with van der Waals surface area (Å²) in [5.74, 6) is 0. The van der Waals surface area contributed by atoms with Crippen LogP contribution in [0, 0.1) is 0 Å². The number of nitrogens with one attached hydrogen (secondary N) is 1. The molecule has 0 aliphatic heterocycles. The summed E-state index contributed by atoms with van der Waals surface area (Å²) in [7, 11) is 0. The summed E-state index contributed by atoms with van der Waals surface area (Å²) < 4.78 is 0. The first kappa shape index (κ1) is 6.42. The second-order valence-corrected chi connectivity index (χ2v) is 0.737. The van der Waals surface area contributed by atoms with Crippen molar-refractivity contribution in [3.8, 4) is 0 Å². The standard InChI is InChI=1S/CH3N7/c2-6-4-1-5-8-7-3/h5H,1H2. The molecule has 1 N–H and O–H groups in total. The van der Waals surface area contributed by atoms with E-state index in [9.17, 15) is 0 Å². The summed E-state index contributed by atoms with van der Waals surface area (Å²) >= 11 is 0. The van der Waals surface area contributed by atoms with Gasteiger partial charge in [-0.1, -0.05) is 0 Å². The molecule has 0 aliphatic carbocycles. The van der Waals surface area contributed by atoms with Crippen LogP contribution in [0.15, 0.2) is 10.3 Å². The second-order valence-electron chi connectivity index (χ2n) is 0.737. The summed E-state index contributed by atoms with van der Waals surface area (Å²) in [5, 5.41) is 5.89. The van der Waals surface area contributed by atoms with E-state index < -0.39 is 0 Å². The van der Waals surface area contributed by atoms with Crippen LogP contribution in [-0.2, 0) is 0 Å². The summed E-state index contributed by atoms with van der Waals surface area (Å²) in [6.07, 6.45) is 0. The van der Waals surface area contributed by atoms with Crippen LogP contribution in [0.3, 0.4) is 0 Å². The van der Waals surface area contributed by atoms with E-state index in [2.05, 4.69) is 25.6 Å². The third-order valence-electron chi connectivity index (χ3n) is 0.320. The highest BCUT2D eigenvalue weighted by atomic mass is 15.4. The SMILES string of the molecule is [N-]=[N+]=NCNN=[N+]=[N-]. The van der Waals surface area contributed by atoms with Crippen LogP contribution in [0.4, 0.5) is 0 Å². The lowest BCUT2D eigenvalue weighted by molar-refractivity contribution is 0.745. The Morgan fingerprint density at radius 2 is 2.12 bits per heavy atom. The summed E-state index contributed by atoms with van der Waals surface area (Å²) in [6, 6.07) is 0. The van der Waals surface area contributed by atoms with Crippen LogP contribution in [0.25, 0.3) is 20.9 Å². The Kier molecular flexibility index (Phi) is 4.35. The average Bonchev–Trinajstić information content (AvgIpc) is 1.81. The molecule has 0 saturated carbocycles. The number of azide groups is 2. The zero-order valence-electron chi connectivity index (χ0n) is 3.89. The molecule has 7 nitrogen and oxygen atoms in total. The maximum absolute atomic E-state index is 7.65. The zero-order valence-corrected chi connectivity index (χ0v) is 3.89. The predicted molar refractivity (Wildman–Crippen MR) is 26.3 cm³/mol. The van der Waals surface area contributed by atoms with E-state index in [0.717, 1.165) is 0 Å². The highest BCUT2D eigenvalue weighted by molar-refractivity contribution is 4.41. The third-order valence-corrected chi connectivity index (χ3v) is 0.320. The number of hydrogen-bond donors (Lipinski definition) is 1. The van der Waals surface area contributed by atoms with Crippen molar-refractivity contribution in [2.24, 2.45) is 10.3 Å². The summed E-state index contributed by atoms with van der Waals surface area (Å²) in [4.78, 5) is 4.72. The van der Waals surface area contributed by atoms with Gasteiger partial charge in [-0.25, -0.2) is 0 Å². The van der Waals surface area contributed by atoms with E-state index in [1.165, 1.54) is 0 Å². The van der Waals surface area contributed by atoms with Crippen LogP contribution < -0.4 is 5.43 Å². The molecule has 0 unspecified atom stereocenters. The number of hydrogen-bond acceptors (Lipinski definition) is 2. The van der Waals surface area contributed by atoms with Gasteiger partial charge in [-0.05, 0) is 15.9 Å². The average molecular weight is 113 g/mol. The molecular formula is CH3N7. The number of nitrogens with zero attached hydrogens (tertiary/aromatic N) is 6. The molecule has 0 aromatic rings. The Labute approximate surface area is 44.5 Å². The number of rotatable bonds is 3. The molecule has 0 rings (SSSR count). The van der Waals surface area contributed by atoms with Crippen molar-refractivity contribution in [3.63, 3.8) is 0 Å². The van der Waals surface area contributed by atoms with Crippen molar-refractivity contribution in [1.29, 1.82) is 0 Å². The van der Waals surface area contributed by atoms with Gasteiger partial charge in [-0.3, -0.25) is 5.43 Å². The third kappa shape index (κ3) is 4.42. The van der Waals surface area contributed by atoms with Crippen LogP contribution in [0.2, 0.25) is 0 Å². The first-order valence-electron chi connectivity index (χ1n) is 1.69. The van der Waals surface area contributed by atoms with Crippen molar-refractivity contribution >= 4 is 0 Å². The van der Waals surface area contributed by atoms with Gasteiger partial charge in [0.05, 0.1) is 0 Å². The Bertz CT molecular complexity index is 116. The molecule has 0 radical (unpaired) electrons. The molecule has 7 heteroatoms. The van der Waals surface area contributed by atoms with Gasteiger partial charge in [-0.15, -0.1) is 5.53 Å². The molecule has 8 heavy (non-hydrogen) atoms. The lowest BCUT2D eigenvalue weighted by atomic mass is 11.2. The van der Waals surface area contributed by atoms with Gasteiger partial charge < -0.3 is 0 Å². The summed E-state index contributed by atoms with van der Waals surface area (Å²) in [6.45, 7) is -0.0133. The van der Waals surface area contributed by atoms with Crippen molar-refractivity contribution in [3.05, 3.63) is 20.9 Å². The van der Waals surface area contributed by atoms with E-state index in [1.807, 2.05) is 0 Å². The fourth-order valence-electron chi connectivity index (χ4n) is 0.126. The predicted octanol–water partition coefficient (Wildman–Crippen LogP) is 1.07. The lowest BCUT2D eigenvalue weighted by Gasteiger charge is -1.78. The van der Waals surface area contributed by atoms with Gasteiger partial charge in [0.25, 0.3) is 0 Å². The van der Waals surface area contributed by atoms with Crippen LogP contribution in [0.1, 0.15) is 0 Å². The van der Waals surface area contributed by atoms with E-state index in [0.29, 0.717) is 0 Å². The Morgan fingerprint density at radius 1 is 1.38 bits per heavy atom. The van der Waals surface area contributed by atoms with Crippen LogP contribution in [-0.4, -0.2) is 6.67 Å². The molecular weight excluding hydrogens is 110 g/mol. The van der Waals surface area contributed by atoms with Gasteiger partial charge in [0.15, 0.2) is 6.67 Å². The smallest absolute Gasteiger partial charge is 0.165 e. The molecule has 0 fully saturated rings. The molecule has 0 amide bonds. The van der Waals surface area contributed by atoms with E-state index in [-0.39, 0.29) is 6.67 Å². The Balaban J connectivity index is 3.18. The highest BCUT2D eigenvalue weighted by Gasteiger charge is 1.70. The van der Waals surface area contributed by atoms with E-state index in [4.69, 9.17) is 11.1 Å². The van der Waals surface area contributed by atoms with Crippen molar-refractivity contribution < 1.29 is 0 Å². The monoisotopic (exact) mass is 113 g/mol. The molecule has 0 saturated heterocycles. The van der Waals surface area contributed by atoms with Crippen molar-refractivity contribution in [1.82, 2.24) is 5.43 Å². The van der Waals surface area contributed by atoms with Crippen molar-refractivity contribution in [2.45, 2.75) is 0 Å². The molecule has 0 atom stereocenters. The molecule has 42 valence electrons. The fourth-order valence-corrected chi connectivity index (χ4v) is 0.126. The quantitative estimate of drug-likeness (QED) is 0.191. The topological polar surface area (TPSA) is 110 Å². The first-order chi connectivity index (χ1) is 3.91.